The zero-order valence-electron chi connectivity index (χ0n) is 18.4. The molecule has 0 spiro atoms. The molecule has 1 aromatic rings. The molecule has 0 saturated carbocycles. The summed E-state index contributed by atoms with van der Waals surface area (Å²) in [7, 11) is 0. The van der Waals surface area contributed by atoms with Gasteiger partial charge in [-0.05, 0) is 66.2 Å². The van der Waals surface area contributed by atoms with E-state index in [0.29, 0.717) is 19.6 Å². The highest BCUT2D eigenvalue weighted by Crippen LogP contribution is 2.43. The molecule has 170 valence electrons. The van der Waals surface area contributed by atoms with Gasteiger partial charge in [-0.15, -0.1) is 0 Å². The number of benzene rings is 1. The van der Waals surface area contributed by atoms with Gasteiger partial charge >= 0.3 is 5.97 Å². The van der Waals surface area contributed by atoms with Crippen molar-refractivity contribution < 1.29 is 19.7 Å². The van der Waals surface area contributed by atoms with Crippen molar-refractivity contribution in [2.24, 2.45) is 5.92 Å². The number of nitrogens with zero attached hydrogens (tertiary/aromatic N) is 1. The van der Waals surface area contributed by atoms with Crippen LogP contribution in [0.15, 0.2) is 58.2 Å². The van der Waals surface area contributed by atoms with Crippen LogP contribution in [-0.4, -0.2) is 53.9 Å². The van der Waals surface area contributed by atoms with Crippen LogP contribution < -0.4 is 4.74 Å². The fourth-order valence-electron chi connectivity index (χ4n) is 4.67. The van der Waals surface area contributed by atoms with E-state index in [1.165, 1.54) is 22.3 Å². The number of carboxylic acid groups (broad SMARTS) is 1. The number of hydrogen-bond acceptors (Lipinski definition) is 4. The quantitative estimate of drug-likeness (QED) is 0.681. The molecule has 1 aromatic carbocycles. The van der Waals surface area contributed by atoms with E-state index >= 15 is 0 Å². The van der Waals surface area contributed by atoms with Gasteiger partial charge in [-0.25, -0.2) is 0 Å². The number of allylic oxidation sites excluding steroid dienone is 6. The second-order valence-electron chi connectivity index (χ2n) is 8.75. The molecule has 32 heavy (non-hydrogen) atoms. The van der Waals surface area contributed by atoms with Crippen LogP contribution in [-0.2, 0) is 11.2 Å². The summed E-state index contributed by atoms with van der Waals surface area (Å²) in [5.74, 6) is -0.250. The molecule has 3 aliphatic rings. The van der Waals surface area contributed by atoms with Gasteiger partial charge in [-0.3, -0.25) is 4.79 Å². The largest absolute Gasteiger partial charge is 0.489 e. The first-order chi connectivity index (χ1) is 15.5. The van der Waals surface area contributed by atoms with Crippen molar-refractivity contribution in [2.45, 2.75) is 32.6 Å². The van der Waals surface area contributed by atoms with Gasteiger partial charge in [-0.2, -0.15) is 0 Å². The number of carbonyl (C=O) groups is 1. The maximum atomic E-state index is 11.3. The molecule has 2 heterocycles. The molecular formula is C26H30ClNO4. The number of likely N-dealkylation sites (tertiary alicyclic amines) is 1. The smallest absolute Gasteiger partial charge is 0.307 e. The van der Waals surface area contributed by atoms with Crippen LogP contribution in [0, 0.1) is 5.92 Å². The normalized spacial score (nSPS) is 20.0. The molecule has 0 amide bonds. The maximum Gasteiger partial charge on any atom is 0.307 e. The zero-order valence-corrected chi connectivity index (χ0v) is 19.2. The summed E-state index contributed by atoms with van der Waals surface area (Å²) in [4.78, 5) is 13.5. The van der Waals surface area contributed by atoms with E-state index < -0.39 is 5.97 Å². The van der Waals surface area contributed by atoms with Crippen LogP contribution in [0.5, 0.6) is 5.75 Å². The Kier molecular flexibility index (Phi) is 7.19. The van der Waals surface area contributed by atoms with Gasteiger partial charge in [0.25, 0.3) is 0 Å². The van der Waals surface area contributed by atoms with Crippen LogP contribution in [0.3, 0.4) is 0 Å². The number of halogens is 1. The molecule has 1 fully saturated rings. The summed E-state index contributed by atoms with van der Waals surface area (Å²) in [6.07, 6.45) is 9.21. The van der Waals surface area contributed by atoms with Gasteiger partial charge in [0.05, 0.1) is 5.92 Å². The molecule has 1 saturated heterocycles. The van der Waals surface area contributed by atoms with Crippen molar-refractivity contribution in [2.75, 3.05) is 32.8 Å². The van der Waals surface area contributed by atoms with Gasteiger partial charge in [-0.1, -0.05) is 42.3 Å². The van der Waals surface area contributed by atoms with Crippen molar-refractivity contribution >= 4 is 23.1 Å². The van der Waals surface area contributed by atoms with Crippen LogP contribution in [0.2, 0.25) is 0 Å². The molecule has 1 atom stereocenters. The number of ether oxygens (including phenoxy) is 1. The van der Waals surface area contributed by atoms with Crippen molar-refractivity contribution in [1.29, 1.82) is 0 Å². The lowest BCUT2D eigenvalue weighted by molar-refractivity contribution is -0.141. The molecule has 2 N–H and O–H groups in total. The molecule has 6 heteroatoms. The molecule has 2 aliphatic heterocycles. The van der Waals surface area contributed by atoms with Gasteiger partial charge in [0.2, 0.25) is 0 Å². The number of aliphatic hydroxyl groups is 1. The summed E-state index contributed by atoms with van der Waals surface area (Å²) in [5, 5.41) is 19.4. The van der Waals surface area contributed by atoms with E-state index in [2.05, 4.69) is 17.0 Å². The highest BCUT2D eigenvalue weighted by Gasteiger charge is 2.27. The lowest BCUT2D eigenvalue weighted by Gasteiger charge is -2.31. The first-order valence-electron chi connectivity index (χ1n) is 11.3. The fourth-order valence-corrected chi connectivity index (χ4v) is 4.81. The Morgan fingerprint density at radius 2 is 2.00 bits per heavy atom. The van der Waals surface area contributed by atoms with Crippen LogP contribution in [0.1, 0.15) is 37.3 Å². The second-order valence-corrected chi connectivity index (χ2v) is 9.19. The van der Waals surface area contributed by atoms with Gasteiger partial charge in [0.1, 0.15) is 12.4 Å². The molecule has 5 nitrogen and oxygen atoms in total. The van der Waals surface area contributed by atoms with E-state index in [1.807, 2.05) is 24.3 Å². The highest BCUT2D eigenvalue weighted by atomic mass is 35.5. The van der Waals surface area contributed by atoms with Crippen molar-refractivity contribution in [3.63, 3.8) is 0 Å². The average Bonchev–Trinajstić information content (AvgIpc) is 3.05. The van der Waals surface area contributed by atoms with Gasteiger partial charge < -0.3 is 19.8 Å². The maximum absolute atomic E-state index is 11.3. The van der Waals surface area contributed by atoms with Crippen molar-refractivity contribution in [3.8, 4) is 5.75 Å². The lowest BCUT2D eigenvalue weighted by Crippen LogP contribution is -2.36. The van der Waals surface area contributed by atoms with Crippen LogP contribution >= 0.6 is 11.6 Å². The van der Waals surface area contributed by atoms with E-state index in [9.17, 15) is 15.0 Å². The number of fused-ring (bicyclic) bond motifs is 1. The average molecular weight is 456 g/mol. The topological polar surface area (TPSA) is 70.0 Å². The Morgan fingerprint density at radius 1 is 1.22 bits per heavy atom. The van der Waals surface area contributed by atoms with Gasteiger partial charge in [0.15, 0.2) is 0 Å². The van der Waals surface area contributed by atoms with Crippen molar-refractivity contribution in [3.05, 3.63) is 69.3 Å². The van der Waals surface area contributed by atoms with Crippen molar-refractivity contribution in [1.82, 2.24) is 4.90 Å². The SMILES string of the molecule is CC(CN1CCC(=C2C3=C(CC=C(Cl)C=C3)COc3ccc(CCO)cc32)CC1)C(=O)O. The van der Waals surface area contributed by atoms with E-state index in [4.69, 9.17) is 16.3 Å². The fraction of sp³-hybridized carbons (Fsp3) is 0.423. The molecule has 4 rings (SSSR count). The first kappa shape index (κ1) is 22.8. The second kappa shape index (κ2) is 10.1. The molecular weight excluding hydrogens is 426 g/mol. The third-order valence-electron chi connectivity index (χ3n) is 6.49. The number of rotatable bonds is 5. The van der Waals surface area contributed by atoms with E-state index in [-0.39, 0.29) is 12.5 Å². The number of aliphatic carboxylic acids is 1. The summed E-state index contributed by atoms with van der Waals surface area (Å²) < 4.78 is 6.23. The minimum absolute atomic E-state index is 0.107. The monoisotopic (exact) mass is 455 g/mol. The Labute approximate surface area is 194 Å². The minimum Gasteiger partial charge on any atom is -0.489 e. The zero-order chi connectivity index (χ0) is 22.7. The predicted molar refractivity (Wildman–Crippen MR) is 127 cm³/mol. The number of piperidine rings is 1. The standard InChI is InChI=1S/C26H30ClNO4/c1-17(26(30)31)15-28-11-8-19(9-12-28)25-22-6-5-21(27)4-3-20(22)16-32-24-7-2-18(10-13-29)14-23(24)25/h2,4-7,14,17,29H,3,8-13,15-16H2,1H3,(H,30,31). The molecule has 1 unspecified atom stereocenters. The minimum atomic E-state index is -0.747. The Balaban J connectivity index is 1.73. The van der Waals surface area contributed by atoms with E-state index in [1.54, 1.807) is 6.92 Å². The summed E-state index contributed by atoms with van der Waals surface area (Å²) in [5.41, 5.74) is 7.13. The summed E-state index contributed by atoms with van der Waals surface area (Å²) >= 11 is 6.33. The highest BCUT2D eigenvalue weighted by molar-refractivity contribution is 6.31. The van der Waals surface area contributed by atoms with Gasteiger partial charge in [0, 0.05) is 36.8 Å². The third-order valence-corrected chi connectivity index (χ3v) is 6.77. The third kappa shape index (κ3) is 5.01. The summed E-state index contributed by atoms with van der Waals surface area (Å²) in [6.45, 7) is 4.65. The lowest BCUT2D eigenvalue weighted by atomic mass is 9.85. The predicted octanol–water partition coefficient (Wildman–Crippen LogP) is 4.56. The first-order valence-corrected chi connectivity index (χ1v) is 11.6. The van der Waals surface area contributed by atoms with Crippen LogP contribution in [0.4, 0.5) is 0 Å². The molecule has 0 radical (unpaired) electrons. The van der Waals surface area contributed by atoms with E-state index in [0.717, 1.165) is 54.3 Å². The Morgan fingerprint density at radius 3 is 2.72 bits per heavy atom. The molecule has 1 aliphatic carbocycles. The number of carboxylic acids is 1. The molecule has 0 bridgehead atoms. The Hall–Kier alpha value is -2.34. The Bertz CT molecular complexity index is 1010. The van der Waals surface area contributed by atoms with Crippen LogP contribution in [0.25, 0.3) is 5.57 Å². The molecule has 0 aromatic heterocycles. The summed E-state index contributed by atoms with van der Waals surface area (Å²) in [6, 6.07) is 6.19. The number of hydrogen-bond donors (Lipinski definition) is 2. The number of aliphatic hydroxyl groups excluding tert-OH is 1.